The first-order valence-corrected chi connectivity index (χ1v) is 7.07. The molecule has 0 aliphatic carbocycles. The van der Waals surface area contributed by atoms with Crippen LogP contribution in [0.5, 0.6) is 5.75 Å². The van der Waals surface area contributed by atoms with Gasteiger partial charge in [-0.25, -0.2) is 0 Å². The molecule has 0 spiro atoms. The maximum Gasteiger partial charge on any atom is 0.223 e. The van der Waals surface area contributed by atoms with Crippen LogP contribution < -0.4 is 10.1 Å². The molecular formula is C15H15BrN2O2. The molecule has 4 nitrogen and oxygen atoms in total. The third-order valence-corrected chi connectivity index (χ3v) is 3.10. The molecule has 0 atom stereocenters. The maximum absolute atomic E-state index is 11.7. The van der Waals surface area contributed by atoms with Crippen molar-refractivity contribution >= 4 is 21.8 Å². The molecule has 0 bridgehead atoms. The van der Waals surface area contributed by atoms with E-state index in [2.05, 4.69) is 26.2 Å². The van der Waals surface area contributed by atoms with Crippen LogP contribution in [0, 0.1) is 0 Å². The van der Waals surface area contributed by atoms with Crippen molar-refractivity contribution in [2.75, 3.05) is 6.61 Å². The van der Waals surface area contributed by atoms with Crippen LogP contribution in [0.4, 0.5) is 0 Å². The zero-order valence-electron chi connectivity index (χ0n) is 10.9. The average molecular weight is 335 g/mol. The largest absolute Gasteiger partial charge is 0.493 e. The summed E-state index contributed by atoms with van der Waals surface area (Å²) in [5.41, 5.74) is 0.980. The number of carbonyl (C=O) groups excluding carboxylic acids is 1. The van der Waals surface area contributed by atoms with Gasteiger partial charge in [0, 0.05) is 23.4 Å². The molecule has 0 saturated heterocycles. The number of rotatable bonds is 6. The summed E-state index contributed by atoms with van der Waals surface area (Å²) in [6.07, 6.45) is 3.77. The zero-order valence-corrected chi connectivity index (χ0v) is 12.5. The van der Waals surface area contributed by atoms with Gasteiger partial charge in [-0.2, -0.15) is 0 Å². The molecular weight excluding hydrogens is 320 g/mol. The summed E-state index contributed by atoms with van der Waals surface area (Å²) in [4.78, 5) is 15.6. The van der Waals surface area contributed by atoms with Crippen molar-refractivity contribution in [1.82, 2.24) is 10.3 Å². The van der Waals surface area contributed by atoms with Gasteiger partial charge in [-0.05, 0) is 29.8 Å². The van der Waals surface area contributed by atoms with Gasteiger partial charge in [-0.1, -0.05) is 28.1 Å². The van der Waals surface area contributed by atoms with Crippen LogP contribution in [-0.2, 0) is 11.3 Å². The number of pyridine rings is 1. The maximum atomic E-state index is 11.7. The fourth-order valence-corrected chi connectivity index (χ4v) is 1.99. The Kier molecular flexibility index (Phi) is 5.55. The van der Waals surface area contributed by atoms with Gasteiger partial charge in [0.2, 0.25) is 5.91 Å². The summed E-state index contributed by atoms with van der Waals surface area (Å²) >= 11 is 3.37. The summed E-state index contributed by atoms with van der Waals surface area (Å²) in [5, 5.41) is 2.83. The summed E-state index contributed by atoms with van der Waals surface area (Å²) in [6.45, 7) is 0.846. The molecule has 0 unspecified atom stereocenters. The number of benzene rings is 1. The van der Waals surface area contributed by atoms with Crippen LogP contribution in [0.3, 0.4) is 0 Å². The van der Waals surface area contributed by atoms with Gasteiger partial charge in [-0.15, -0.1) is 0 Å². The van der Waals surface area contributed by atoms with Gasteiger partial charge in [0.25, 0.3) is 0 Å². The quantitative estimate of drug-likeness (QED) is 0.883. The smallest absolute Gasteiger partial charge is 0.223 e. The van der Waals surface area contributed by atoms with Crippen molar-refractivity contribution in [3.63, 3.8) is 0 Å². The topological polar surface area (TPSA) is 51.2 Å². The van der Waals surface area contributed by atoms with Crippen LogP contribution in [0.1, 0.15) is 12.0 Å². The molecule has 1 aromatic heterocycles. The molecule has 20 heavy (non-hydrogen) atoms. The highest BCUT2D eigenvalue weighted by Gasteiger charge is 2.02. The number of hydrogen-bond acceptors (Lipinski definition) is 3. The number of carbonyl (C=O) groups is 1. The first-order valence-electron chi connectivity index (χ1n) is 6.28. The Balaban J connectivity index is 1.68. The Morgan fingerprint density at radius 1 is 1.30 bits per heavy atom. The Labute approximate surface area is 126 Å². The Morgan fingerprint density at radius 2 is 2.20 bits per heavy atom. The van der Waals surface area contributed by atoms with E-state index in [4.69, 9.17) is 4.74 Å². The first kappa shape index (κ1) is 14.5. The molecule has 0 fully saturated rings. The third kappa shape index (κ3) is 5.01. The van der Waals surface area contributed by atoms with Crippen LogP contribution in [-0.4, -0.2) is 17.5 Å². The number of aromatic nitrogens is 1. The highest BCUT2D eigenvalue weighted by molar-refractivity contribution is 9.10. The summed E-state index contributed by atoms with van der Waals surface area (Å²) in [6, 6.07) is 11.3. The predicted octanol–water partition coefficient (Wildman–Crippen LogP) is 2.93. The van der Waals surface area contributed by atoms with Gasteiger partial charge in [0.15, 0.2) is 0 Å². The number of ether oxygens (including phenoxy) is 1. The Hall–Kier alpha value is -1.88. The van der Waals surface area contributed by atoms with Crippen molar-refractivity contribution in [3.8, 4) is 5.75 Å². The number of nitrogens with one attached hydrogen (secondary N) is 1. The molecule has 1 aromatic carbocycles. The highest BCUT2D eigenvalue weighted by Crippen LogP contribution is 2.17. The predicted molar refractivity (Wildman–Crippen MR) is 80.3 cm³/mol. The SMILES string of the molecule is O=C(CCOc1cccc(Br)c1)NCc1cccnc1. The monoisotopic (exact) mass is 334 g/mol. The molecule has 5 heteroatoms. The number of nitrogens with zero attached hydrogens (tertiary/aromatic N) is 1. The molecule has 0 aliphatic heterocycles. The minimum Gasteiger partial charge on any atom is -0.493 e. The zero-order chi connectivity index (χ0) is 14.2. The second kappa shape index (κ2) is 7.65. The van der Waals surface area contributed by atoms with Crippen LogP contribution >= 0.6 is 15.9 Å². The normalized spacial score (nSPS) is 10.1. The summed E-state index contributed by atoms with van der Waals surface area (Å²) < 4.78 is 6.46. The van der Waals surface area contributed by atoms with Gasteiger partial charge >= 0.3 is 0 Å². The minimum absolute atomic E-state index is 0.0381. The van der Waals surface area contributed by atoms with Crippen molar-refractivity contribution in [1.29, 1.82) is 0 Å². The number of hydrogen-bond donors (Lipinski definition) is 1. The van der Waals surface area contributed by atoms with E-state index in [1.54, 1.807) is 12.4 Å². The highest BCUT2D eigenvalue weighted by atomic mass is 79.9. The summed E-state index contributed by atoms with van der Waals surface area (Å²) in [7, 11) is 0. The summed E-state index contributed by atoms with van der Waals surface area (Å²) in [5.74, 6) is 0.711. The second-order valence-corrected chi connectivity index (χ2v) is 5.11. The van der Waals surface area contributed by atoms with E-state index in [1.165, 1.54) is 0 Å². The fraction of sp³-hybridized carbons (Fsp3) is 0.200. The van der Waals surface area contributed by atoms with E-state index in [0.717, 1.165) is 15.8 Å². The standard InChI is InChI=1S/C15H15BrN2O2/c16-13-4-1-5-14(9-13)20-8-6-15(19)18-11-12-3-2-7-17-10-12/h1-5,7,9-10H,6,8,11H2,(H,18,19). The lowest BCUT2D eigenvalue weighted by Crippen LogP contribution is -2.24. The molecule has 0 radical (unpaired) electrons. The lowest BCUT2D eigenvalue weighted by atomic mass is 10.3. The van der Waals surface area contributed by atoms with Crippen LogP contribution in [0.15, 0.2) is 53.3 Å². The molecule has 104 valence electrons. The molecule has 1 amide bonds. The van der Waals surface area contributed by atoms with Gasteiger partial charge < -0.3 is 10.1 Å². The van der Waals surface area contributed by atoms with E-state index in [-0.39, 0.29) is 5.91 Å². The van der Waals surface area contributed by atoms with Crippen molar-refractivity contribution in [3.05, 3.63) is 58.8 Å². The van der Waals surface area contributed by atoms with Crippen molar-refractivity contribution in [2.45, 2.75) is 13.0 Å². The first-order chi connectivity index (χ1) is 9.74. The lowest BCUT2D eigenvalue weighted by Gasteiger charge is -2.07. The van der Waals surface area contributed by atoms with Crippen LogP contribution in [0.2, 0.25) is 0 Å². The molecule has 1 N–H and O–H groups in total. The third-order valence-electron chi connectivity index (χ3n) is 2.61. The van der Waals surface area contributed by atoms with E-state index in [0.29, 0.717) is 19.6 Å². The van der Waals surface area contributed by atoms with Gasteiger partial charge in [-0.3, -0.25) is 9.78 Å². The van der Waals surface area contributed by atoms with E-state index in [1.807, 2.05) is 36.4 Å². The van der Waals surface area contributed by atoms with Crippen molar-refractivity contribution in [2.24, 2.45) is 0 Å². The number of halogens is 1. The van der Waals surface area contributed by atoms with E-state index < -0.39 is 0 Å². The van der Waals surface area contributed by atoms with E-state index >= 15 is 0 Å². The second-order valence-electron chi connectivity index (χ2n) is 4.19. The van der Waals surface area contributed by atoms with E-state index in [9.17, 15) is 4.79 Å². The van der Waals surface area contributed by atoms with Crippen LogP contribution in [0.25, 0.3) is 0 Å². The van der Waals surface area contributed by atoms with Gasteiger partial charge in [0.1, 0.15) is 5.75 Å². The molecule has 1 heterocycles. The molecule has 0 aliphatic rings. The molecule has 2 aromatic rings. The average Bonchev–Trinajstić information content (AvgIpc) is 2.46. The van der Waals surface area contributed by atoms with Crippen molar-refractivity contribution < 1.29 is 9.53 Å². The fourth-order valence-electron chi connectivity index (χ4n) is 1.61. The number of amides is 1. The van der Waals surface area contributed by atoms with Gasteiger partial charge in [0.05, 0.1) is 13.0 Å². The molecule has 2 rings (SSSR count). The Morgan fingerprint density at radius 3 is 2.95 bits per heavy atom. The lowest BCUT2D eigenvalue weighted by molar-refractivity contribution is -0.121. The molecule has 0 saturated carbocycles. The Bertz CT molecular complexity index is 561. The minimum atomic E-state index is -0.0381.